The van der Waals surface area contributed by atoms with Gasteiger partial charge in [0.25, 0.3) is 0 Å². The summed E-state index contributed by atoms with van der Waals surface area (Å²) in [5, 5.41) is 18.1. The van der Waals surface area contributed by atoms with Gasteiger partial charge in [-0.05, 0) is 38.5 Å². The monoisotopic (exact) mass is 265 g/mol. The number of rotatable bonds is 3. The summed E-state index contributed by atoms with van der Waals surface area (Å²) in [6, 6.07) is 5.98. The van der Waals surface area contributed by atoms with E-state index in [1.807, 2.05) is 43.5 Å². The molecule has 0 unspecified atom stereocenters. The molecule has 0 bridgehead atoms. The van der Waals surface area contributed by atoms with E-state index in [-0.39, 0.29) is 12.6 Å². The molecular formula is C13H16ClN3O. The van der Waals surface area contributed by atoms with Crippen molar-refractivity contribution in [1.29, 1.82) is 0 Å². The van der Waals surface area contributed by atoms with Gasteiger partial charge in [-0.25, -0.2) is 0 Å². The Balaban J connectivity index is 2.60. The van der Waals surface area contributed by atoms with Crippen LogP contribution in [0.4, 0.5) is 0 Å². The molecule has 5 heteroatoms. The number of aromatic nitrogens is 3. The molecular weight excluding hydrogens is 250 g/mol. The van der Waals surface area contributed by atoms with Gasteiger partial charge >= 0.3 is 0 Å². The molecule has 0 radical (unpaired) electrons. The molecule has 1 N–H and O–H groups in total. The lowest BCUT2D eigenvalue weighted by atomic mass is 10.1. The first-order valence-corrected chi connectivity index (χ1v) is 6.23. The van der Waals surface area contributed by atoms with Crippen LogP contribution in [-0.4, -0.2) is 19.9 Å². The van der Waals surface area contributed by atoms with Crippen LogP contribution in [0.2, 0.25) is 5.02 Å². The van der Waals surface area contributed by atoms with Crippen LogP contribution in [0.15, 0.2) is 18.2 Å². The number of benzene rings is 1. The summed E-state index contributed by atoms with van der Waals surface area (Å²) in [5.74, 6) is 1.25. The van der Waals surface area contributed by atoms with Crippen molar-refractivity contribution in [2.24, 2.45) is 0 Å². The number of aliphatic hydroxyl groups is 1. The molecule has 2 rings (SSSR count). The Morgan fingerprint density at radius 3 is 2.61 bits per heavy atom. The molecule has 0 aliphatic rings. The molecule has 0 aliphatic heterocycles. The van der Waals surface area contributed by atoms with Gasteiger partial charge in [-0.1, -0.05) is 17.7 Å². The van der Waals surface area contributed by atoms with Gasteiger partial charge in [-0.3, -0.25) is 0 Å². The quantitative estimate of drug-likeness (QED) is 0.928. The molecule has 2 aromatic rings. The zero-order valence-corrected chi connectivity index (χ0v) is 11.4. The average molecular weight is 266 g/mol. The molecule has 0 atom stereocenters. The highest BCUT2D eigenvalue weighted by molar-refractivity contribution is 6.33. The van der Waals surface area contributed by atoms with E-state index in [1.165, 1.54) is 0 Å². The standard InChI is InChI=1S/C13H16ClN3O/c1-8(2)17-12(7-18)15-16-13(17)10-5-4-9(3)6-11(10)14/h4-6,8,18H,7H2,1-3H3. The highest BCUT2D eigenvalue weighted by Gasteiger charge is 2.17. The van der Waals surface area contributed by atoms with E-state index in [9.17, 15) is 5.11 Å². The highest BCUT2D eigenvalue weighted by atomic mass is 35.5. The topological polar surface area (TPSA) is 50.9 Å². The largest absolute Gasteiger partial charge is 0.388 e. The van der Waals surface area contributed by atoms with Gasteiger partial charge in [-0.2, -0.15) is 0 Å². The van der Waals surface area contributed by atoms with E-state index in [1.54, 1.807) is 0 Å². The molecule has 0 saturated heterocycles. The number of hydrogen-bond acceptors (Lipinski definition) is 3. The van der Waals surface area contributed by atoms with Crippen molar-refractivity contribution in [2.75, 3.05) is 0 Å². The molecule has 4 nitrogen and oxygen atoms in total. The van der Waals surface area contributed by atoms with Gasteiger partial charge in [0.15, 0.2) is 11.6 Å². The predicted octanol–water partition coefficient (Wildman–Crippen LogP) is 2.98. The predicted molar refractivity (Wildman–Crippen MR) is 71.5 cm³/mol. The normalized spacial score (nSPS) is 11.2. The Kier molecular flexibility index (Phi) is 3.68. The first kappa shape index (κ1) is 13.1. The summed E-state index contributed by atoms with van der Waals surface area (Å²) in [6.07, 6.45) is 0. The Hall–Kier alpha value is -1.39. The van der Waals surface area contributed by atoms with Crippen molar-refractivity contribution in [2.45, 2.75) is 33.4 Å². The molecule has 0 saturated carbocycles. The molecule has 1 heterocycles. The third-order valence-electron chi connectivity index (χ3n) is 2.79. The second-order valence-corrected chi connectivity index (χ2v) is 4.95. The molecule has 0 spiro atoms. The van der Waals surface area contributed by atoms with Crippen LogP contribution in [0, 0.1) is 6.92 Å². The summed E-state index contributed by atoms with van der Waals surface area (Å²) < 4.78 is 1.90. The summed E-state index contributed by atoms with van der Waals surface area (Å²) in [4.78, 5) is 0. The van der Waals surface area contributed by atoms with Crippen molar-refractivity contribution < 1.29 is 5.11 Å². The fourth-order valence-electron chi connectivity index (χ4n) is 1.96. The van der Waals surface area contributed by atoms with Crippen LogP contribution >= 0.6 is 11.6 Å². The highest BCUT2D eigenvalue weighted by Crippen LogP contribution is 2.29. The zero-order valence-electron chi connectivity index (χ0n) is 10.7. The summed E-state index contributed by atoms with van der Waals surface area (Å²) in [7, 11) is 0. The minimum absolute atomic E-state index is 0.130. The van der Waals surface area contributed by atoms with Gasteiger partial charge < -0.3 is 9.67 Å². The Bertz CT molecular complexity index is 563. The van der Waals surface area contributed by atoms with Crippen LogP contribution in [0.1, 0.15) is 31.3 Å². The first-order chi connectivity index (χ1) is 8.54. The zero-order chi connectivity index (χ0) is 13.3. The minimum Gasteiger partial charge on any atom is -0.388 e. The summed E-state index contributed by atoms with van der Waals surface area (Å²) >= 11 is 6.25. The van der Waals surface area contributed by atoms with Gasteiger partial charge in [0.05, 0.1) is 5.02 Å². The molecule has 0 aliphatic carbocycles. The maximum atomic E-state index is 9.28. The van der Waals surface area contributed by atoms with Gasteiger partial charge in [0.2, 0.25) is 0 Å². The van der Waals surface area contributed by atoms with Crippen molar-refractivity contribution in [1.82, 2.24) is 14.8 Å². The van der Waals surface area contributed by atoms with Crippen LogP contribution < -0.4 is 0 Å². The van der Waals surface area contributed by atoms with E-state index in [4.69, 9.17) is 11.6 Å². The molecule has 96 valence electrons. The van der Waals surface area contributed by atoms with Crippen LogP contribution in [-0.2, 0) is 6.61 Å². The second-order valence-electron chi connectivity index (χ2n) is 4.54. The maximum Gasteiger partial charge on any atom is 0.165 e. The van der Waals surface area contributed by atoms with Gasteiger partial charge in [-0.15, -0.1) is 10.2 Å². The number of aliphatic hydroxyl groups excluding tert-OH is 1. The number of hydrogen-bond donors (Lipinski definition) is 1. The van der Waals surface area contributed by atoms with Gasteiger partial charge in [0.1, 0.15) is 6.61 Å². The molecule has 1 aromatic heterocycles. The Labute approximate surface area is 111 Å². The Morgan fingerprint density at radius 2 is 2.06 bits per heavy atom. The SMILES string of the molecule is Cc1ccc(-c2nnc(CO)n2C(C)C)c(Cl)c1. The summed E-state index contributed by atoms with van der Waals surface area (Å²) in [6.45, 7) is 5.90. The number of nitrogens with zero attached hydrogens (tertiary/aromatic N) is 3. The summed E-state index contributed by atoms with van der Waals surface area (Å²) in [5.41, 5.74) is 1.94. The van der Waals surface area contributed by atoms with Crippen LogP contribution in [0.3, 0.4) is 0 Å². The first-order valence-electron chi connectivity index (χ1n) is 5.85. The van der Waals surface area contributed by atoms with Crippen molar-refractivity contribution >= 4 is 11.6 Å². The van der Waals surface area contributed by atoms with E-state index >= 15 is 0 Å². The van der Waals surface area contributed by atoms with Crippen molar-refractivity contribution in [3.05, 3.63) is 34.6 Å². The van der Waals surface area contributed by atoms with E-state index in [0.717, 1.165) is 11.1 Å². The lowest BCUT2D eigenvalue weighted by molar-refractivity contribution is 0.262. The lowest BCUT2D eigenvalue weighted by Crippen LogP contribution is -2.08. The van der Waals surface area contributed by atoms with Gasteiger partial charge in [0, 0.05) is 11.6 Å². The number of aryl methyl sites for hydroxylation is 1. The molecule has 18 heavy (non-hydrogen) atoms. The van der Waals surface area contributed by atoms with E-state index < -0.39 is 0 Å². The lowest BCUT2D eigenvalue weighted by Gasteiger charge is -2.14. The smallest absolute Gasteiger partial charge is 0.165 e. The molecule has 0 fully saturated rings. The Morgan fingerprint density at radius 1 is 1.33 bits per heavy atom. The van der Waals surface area contributed by atoms with Crippen molar-refractivity contribution in [3.8, 4) is 11.4 Å². The van der Waals surface area contributed by atoms with Crippen molar-refractivity contribution in [3.63, 3.8) is 0 Å². The average Bonchev–Trinajstić information content (AvgIpc) is 2.72. The molecule has 0 amide bonds. The maximum absolute atomic E-state index is 9.28. The van der Waals surface area contributed by atoms with E-state index in [2.05, 4.69) is 10.2 Å². The fourth-order valence-corrected chi connectivity index (χ4v) is 2.28. The molecule has 1 aromatic carbocycles. The third kappa shape index (κ3) is 2.26. The van der Waals surface area contributed by atoms with Crippen LogP contribution in [0.25, 0.3) is 11.4 Å². The number of halogens is 1. The van der Waals surface area contributed by atoms with Crippen LogP contribution in [0.5, 0.6) is 0 Å². The third-order valence-corrected chi connectivity index (χ3v) is 3.10. The van der Waals surface area contributed by atoms with E-state index in [0.29, 0.717) is 16.7 Å². The fraction of sp³-hybridized carbons (Fsp3) is 0.385. The second kappa shape index (κ2) is 5.08. The minimum atomic E-state index is -0.130.